The van der Waals surface area contributed by atoms with E-state index >= 15 is 0 Å². The second-order valence-corrected chi connectivity index (χ2v) is 7.09. The Morgan fingerprint density at radius 2 is 2.17 bits per heavy atom. The SMILES string of the molecule is CC[C@@H](C)n1cnc(S(=O)(=O)Nc2cnc3n[nH]c(C)c3c2)c1. The van der Waals surface area contributed by atoms with Crippen molar-refractivity contribution in [2.24, 2.45) is 0 Å². The second kappa shape index (κ2) is 5.65. The summed E-state index contributed by atoms with van der Waals surface area (Å²) in [6.07, 6.45) is 5.39. The lowest BCUT2D eigenvalue weighted by molar-refractivity contribution is 0.529. The molecular weight excluding hydrogens is 316 g/mol. The highest BCUT2D eigenvalue weighted by Crippen LogP contribution is 2.21. The van der Waals surface area contributed by atoms with E-state index in [4.69, 9.17) is 0 Å². The van der Waals surface area contributed by atoms with Crippen molar-refractivity contribution in [2.45, 2.75) is 38.3 Å². The maximum absolute atomic E-state index is 12.4. The van der Waals surface area contributed by atoms with Crippen LogP contribution in [0.3, 0.4) is 0 Å². The number of H-pyrrole nitrogens is 1. The molecule has 3 aromatic heterocycles. The summed E-state index contributed by atoms with van der Waals surface area (Å²) in [6.45, 7) is 5.89. The van der Waals surface area contributed by atoms with Gasteiger partial charge in [0.25, 0.3) is 10.0 Å². The number of nitrogens with zero attached hydrogens (tertiary/aromatic N) is 4. The molecule has 0 bridgehead atoms. The number of imidazole rings is 1. The predicted molar refractivity (Wildman–Crippen MR) is 86.7 cm³/mol. The number of anilines is 1. The molecule has 122 valence electrons. The quantitative estimate of drug-likeness (QED) is 0.744. The molecule has 23 heavy (non-hydrogen) atoms. The first-order chi connectivity index (χ1) is 10.9. The van der Waals surface area contributed by atoms with Crippen molar-refractivity contribution in [1.29, 1.82) is 0 Å². The molecule has 0 aliphatic heterocycles. The summed E-state index contributed by atoms with van der Waals surface area (Å²) in [4.78, 5) is 8.13. The lowest BCUT2D eigenvalue weighted by Gasteiger charge is -2.09. The van der Waals surface area contributed by atoms with Crippen LogP contribution in [-0.2, 0) is 10.0 Å². The van der Waals surface area contributed by atoms with Crippen LogP contribution in [0.15, 0.2) is 29.8 Å². The fraction of sp³-hybridized carbons (Fsp3) is 0.357. The van der Waals surface area contributed by atoms with Gasteiger partial charge in [-0.25, -0.2) is 9.97 Å². The Labute approximate surface area is 134 Å². The first kappa shape index (κ1) is 15.5. The summed E-state index contributed by atoms with van der Waals surface area (Å²) in [5.74, 6) is 0. The van der Waals surface area contributed by atoms with Gasteiger partial charge in [-0.1, -0.05) is 6.92 Å². The predicted octanol–water partition coefficient (Wildman–Crippen LogP) is 2.23. The molecule has 9 heteroatoms. The Hall–Kier alpha value is -2.42. The number of hydrogen-bond acceptors (Lipinski definition) is 5. The Morgan fingerprint density at radius 1 is 1.39 bits per heavy atom. The third kappa shape index (κ3) is 2.91. The number of pyridine rings is 1. The summed E-state index contributed by atoms with van der Waals surface area (Å²) in [5, 5.41) is 7.59. The molecule has 8 nitrogen and oxygen atoms in total. The van der Waals surface area contributed by atoms with E-state index in [-0.39, 0.29) is 11.1 Å². The van der Waals surface area contributed by atoms with Crippen molar-refractivity contribution in [2.75, 3.05) is 4.72 Å². The number of aryl methyl sites for hydroxylation is 1. The molecule has 0 saturated carbocycles. The van der Waals surface area contributed by atoms with Crippen LogP contribution in [0, 0.1) is 6.92 Å². The zero-order valence-corrected chi connectivity index (χ0v) is 13.9. The van der Waals surface area contributed by atoms with Crippen LogP contribution in [0.4, 0.5) is 5.69 Å². The highest BCUT2D eigenvalue weighted by molar-refractivity contribution is 7.92. The second-order valence-electron chi connectivity index (χ2n) is 5.47. The summed E-state index contributed by atoms with van der Waals surface area (Å²) >= 11 is 0. The maximum atomic E-state index is 12.4. The number of sulfonamides is 1. The van der Waals surface area contributed by atoms with Crippen LogP contribution in [0.1, 0.15) is 32.0 Å². The number of nitrogens with one attached hydrogen (secondary N) is 2. The molecule has 0 aliphatic carbocycles. The van der Waals surface area contributed by atoms with E-state index in [9.17, 15) is 8.42 Å². The van der Waals surface area contributed by atoms with E-state index in [1.807, 2.05) is 20.8 Å². The van der Waals surface area contributed by atoms with E-state index in [0.29, 0.717) is 11.3 Å². The van der Waals surface area contributed by atoms with Gasteiger partial charge in [-0.2, -0.15) is 13.5 Å². The third-order valence-corrected chi connectivity index (χ3v) is 5.07. The molecule has 0 radical (unpaired) electrons. The van der Waals surface area contributed by atoms with Crippen molar-refractivity contribution in [1.82, 2.24) is 24.7 Å². The van der Waals surface area contributed by atoms with E-state index in [2.05, 4.69) is 24.9 Å². The Balaban J connectivity index is 1.90. The van der Waals surface area contributed by atoms with Crippen LogP contribution in [0.25, 0.3) is 11.0 Å². The van der Waals surface area contributed by atoms with E-state index in [1.54, 1.807) is 10.6 Å². The van der Waals surface area contributed by atoms with Gasteiger partial charge in [0.2, 0.25) is 0 Å². The zero-order valence-electron chi connectivity index (χ0n) is 13.1. The van der Waals surface area contributed by atoms with Crippen LogP contribution < -0.4 is 4.72 Å². The molecule has 0 fully saturated rings. The van der Waals surface area contributed by atoms with Crippen LogP contribution >= 0.6 is 0 Å². The van der Waals surface area contributed by atoms with Crippen LogP contribution in [0.2, 0.25) is 0 Å². The minimum absolute atomic E-state index is 0.0122. The van der Waals surface area contributed by atoms with Crippen LogP contribution in [0.5, 0.6) is 0 Å². The number of hydrogen-bond donors (Lipinski definition) is 2. The number of aromatic nitrogens is 5. The lowest BCUT2D eigenvalue weighted by atomic mass is 10.3. The van der Waals surface area contributed by atoms with E-state index in [1.165, 1.54) is 18.7 Å². The van der Waals surface area contributed by atoms with Gasteiger partial charge in [0.1, 0.15) is 0 Å². The van der Waals surface area contributed by atoms with Gasteiger partial charge in [-0.3, -0.25) is 9.82 Å². The summed E-state index contributed by atoms with van der Waals surface area (Å²) in [7, 11) is -3.75. The molecule has 0 saturated heterocycles. The normalized spacial score (nSPS) is 13.3. The lowest BCUT2D eigenvalue weighted by Crippen LogP contribution is -2.13. The van der Waals surface area contributed by atoms with E-state index in [0.717, 1.165) is 17.5 Å². The molecule has 1 atom stereocenters. The van der Waals surface area contributed by atoms with Gasteiger partial charge >= 0.3 is 0 Å². The number of fused-ring (bicyclic) bond motifs is 1. The number of rotatable bonds is 5. The molecule has 0 spiro atoms. The minimum atomic E-state index is -3.75. The largest absolute Gasteiger partial charge is 0.333 e. The van der Waals surface area contributed by atoms with Gasteiger partial charge in [0, 0.05) is 23.3 Å². The fourth-order valence-corrected chi connectivity index (χ4v) is 3.16. The van der Waals surface area contributed by atoms with Gasteiger partial charge in [-0.15, -0.1) is 0 Å². The molecule has 3 heterocycles. The maximum Gasteiger partial charge on any atom is 0.280 e. The third-order valence-electron chi connectivity index (χ3n) is 3.81. The number of aromatic amines is 1. The van der Waals surface area contributed by atoms with Crippen molar-refractivity contribution in [3.63, 3.8) is 0 Å². The molecule has 3 rings (SSSR count). The minimum Gasteiger partial charge on any atom is -0.333 e. The summed E-state index contributed by atoms with van der Waals surface area (Å²) < 4.78 is 29.2. The monoisotopic (exact) mass is 334 g/mol. The topological polar surface area (TPSA) is 106 Å². The first-order valence-corrected chi connectivity index (χ1v) is 8.76. The van der Waals surface area contributed by atoms with Crippen molar-refractivity contribution < 1.29 is 8.42 Å². The van der Waals surface area contributed by atoms with Crippen LogP contribution in [-0.4, -0.2) is 33.2 Å². The van der Waals surface area contributed by atoms with Crippen molar-refractivity contribution in [3.05, 3.63) is 30.5 Å². The average molecular weight is 334 g/mol. The molecule has 2 N–H and O–H groups in total. The van der Waals surface area contributed by atoms with Gasteiger partial charge in [0.15, 0.2) is 10.7 Å². The summed E-state index contributed by atoms with van der Waals surface area (Å²) in [5.41, 5.74) is 1.75. The Morgan fingerprint density at radius 3 is 2.91 bits per heavy atom. The molecule has 0 unspecified atom stereocenters. The Bertz CT molecular complexity index is 943. The van der Waals surface area contributed by atoms with Gasteiger partial charge < -0.3 is 4.57 Å². The molecular formula is C14H18N6O2S. The van der Waals surface area contributed by atoms with E-state index < -0.39 is 10.0 Å². The standard InChI is InChI=1S/C14H18N6O2S/c1-4-9(2)20-7-13(16-8-20)23(21,22)19-11-5-12-10(3)17-18-14(12)15-6-11/h5-9,19H,4H2,1-3H3,(H,15,17,18)/t9-/m1/s1. The highest BCUT2D eigenvalue weighted by atomic mass is 32.2. The molecule has 0 aromatic carbocycles. The summed E-state index contributed by atoms with van der Waals surface area (Å²) in [6, 6.07) is 1.89. The van der Waals surface area contributed by atoms with Gasteiger partial charge in [0.05, 0.1) is 18.2 Å². The average Bonchev–Trinajstić information content (AvgIpc) is 3.14. The van der Waals surface area contributed by atoms with Crippen molar-refractivity contribution >= 4 is 26.7 Å². The zero-order chi connectivity index (χ0) is 16.6. The molecule has 3 aromatic rings. The Kier molecular flexibility index (Phi) is 3.80. The smallest absolute Gasteiger partial charge is 0.280 e. The molecule has 0 aliphatic rings. The van der Waals surface area contributed by atoms with Crippen molar-refractivity contribution in [3.8, 4) is 0 Å². The highest BCUT2D eigenvalue weighted by Gasteiger charge is 2.19. The first-order valence-electron chi connectivity index (χ1n) is 7.27. The molecule has 0 amide bonds. The van der Waals surface area contributed by atoms with Gasteiger partial charge in [-0.05, 0) is 26.3 Å². The fourth-order valence-electron chi connectivity index (χ4n) is 2.19.